The average Bonchev–Trinajstić information content (AvgIpc) is 2.62. The number of para-hydroxylation sites is 1. The van der Waals surface area contributed by atoms with E-state index < -0.39 is 6.04 Å². The Labute approximate surface area is 156 Å². The topological polar surface area (TPSA) is 71.1 Å². The molecule has 27 heavy (non-hydrogen) atoms. The maximum absolute atomic E-state index is 13.2. The monoisotopic (exact) mass is 365 g/mol. The fourth-order valence-corrected chi connectivity index (χ4v) is 2.92. The van der Waals surface area contributed by atoms with E-state index in [1.807, 2.05) is 31.2 Å². The molecule has 0 aliphatic rings. The molecule has 0 radical (unpaired) electrons. The number of rotatable bonds is 5. The van der Waals surface area contributed by atoms with Crippen LogP contribution in [0.5, 0.6) is 0 Å². The second-order valence-corrected chi connectivity index (χ2v) is 6.39. The minimum atomic E-state index is -0.548. The van der Waals surface area contributed by atoms with Gasteiger partial charge >= 0.3 is 0 Å². The predicted molar refractivity (Wildman–Crippen MR) is 103 cm³/mol. The molecule has 0 aliphatic heterocycles. The van der Waals surface area contributed by atoms with Gasteiger partial charge in [-0.25, -0.2) is 4.39 Å². The first-order valence-electron chi connectivity index (χ1n) is 8.61. The molecule has 0 bridgehead atoms. The lowest BCUT2D eigenvalue weighted by molar-refractivity contribution is -0.120. The summed E-state index contributed by atoms with van der Waals surface area (Å²) in [5.41, 5.74) is 2.84. The van der Waals surface area contributed by atoms with Gasteiger partial charge < -0.3 is 10.6 Å². The molecule has 3 rings (SSSR count). The fraction of sp³-hybridized carbons (Fsp3) is 0.190. The van der Waals surface area contributed by atoms with Crippen molar-refractivity contribution in [2.45, 2.75) is 26.3 Å². The van der Waals surface area contributed by atoms with Gasteiger partial charge in [-0.2, -0.15) is 0 Å². The molecule has 0 saturated heterocycles. The van der Waals surface area contributed by atoms with Crippen molar-refractivity contribution in [3.8, 4) is 0 Å². The smallest absolute Gasteiger partial charge is 0.226 e. The fourth-order valence-electron chi connectivity index (χ4n) is 2.92. The van der Waals surface area contributed by atoms with E-state index in [1.165, 1.54) is 19.1 Å². The Morgan fingerprint density at radius 1 is 1.07 bits per heavy atom. The van der Waals surface area contributed by atoms with Crippen LogP contribution in [0, 0.1) is 12.7 Å². The van der Waals surface area contributed by atoms with E-state index >= 15 is 0 Å². The standard InChI is InChI=1S/C21H20FN3O2/c1-13-6-7-16-4-3-5-18(21(16)23-13)25-20(27)12-19(24-14(2)26)15-8-10-17(22)11-9-15/h3-11,19H,12H2,1-2H3,(H,24,26)(H,25,27)/t19-/m1/s1. The number of hydrogen-bond acceptors (Lipinski definition) is 3. The predicted octanol–water partition coefficient (Wildman–Crippen LogP) is 3.89. The zero-order valence-corrected chi connectivity index (χ0v) is 15.1. The zero-order chi connectivity index (χ0) is 19.4. The molecule has 1 atom stereocenters. The number of nitrogens with one attached hydrogen (secondary N) is 2. The van der Waals surface area contributed by atoms with Crippen LogP contribution >= 0.6 is 0 Å². The molecule has 0 saturated carbocycles. The SMILES string of the molecule is CC(=O)N[C@H](CC(=O)Nc1cccc2ccc(C)nc12)c1ccc(F)cc1. The van der Waals surface area contributed by atoms with Crippen LogP contribution in [0.3, 0.4) is 0 Å². The number of carbonyl (C=O) groups excluding carboxylic acids is 2. The molecule has 5 nitrogen and oxygen atoms in total. The molecule has 0 fully saturated rings. The first-order chi connectivity index (χ1) is 12.9. The normalized spacial score (nSPS) is 11.8. The number of aryl methyl sites for hydroxylation is 1. The summed E-state index contributed by atoms with van der Waals surface area (Å²) in [7, 11) is 0. The maximum atomic E-state index is 13.2. The third kappa shape index (κ3) is 4.67. The molecule has 0 spiro atoms. The summed E-state index contributed by atoms with van der Waals surface area (Å²) in [6.45, 7) is 3.27. The number of carbonyl (C=O) groups is 2. The Morgan fingerprint density at radius 2 is 1.81 bits per heavy atom. The molecular formula is C21H20FN3O2. The van der Waals surface area contributed by atoms with Gasteiger partial charge in [-0.3, -0.25) is 14.6 Å². The van der Waals surface area contributed by atoms with Crippen LogP contribution in [0.4, 0.5) is 10.1 Å². The highest BCUT2D eigenvalue weighted by molar-refractivity contribution is 6.00. The van der Waals surface area contributed by atoms with E-state index in [9.17, 15) is 14.0 Å². The van der Waals surface area contributed by atoms with Gasteiger partial charge in [0.05, 0.1) is 23.7 Å². The van der Waals surface area contributed by atoms with Gasteiger partial charge in [0.2, 0.25) is 11.8 Å². The second kappa shape index (κ2) is 7.95. The van der Waals surface area contributed by atoms with Crippen molar-refractivity contribution in [3.63, 3.8) is 0 Å². The summed E-state index contributed by atoms with van der Waals surface area (Å²) in [6, 6.07) is 14.6. The van der Waals surface area contributed by atoms with Gasteiger partial charge in [0.1, 0.15) is 5.82 Å². The summed E-state index contributed by atoms with van der Waals surface area (Å²) >= 11 is 0. The van der Waals surface area contributed by atoms with Gasteiger partial charge in [0, 0.05) is 18.0 Å². The average molecular weight is 365 g/mol. The molecule has 1 heterocycles. The maximum Gasteiger partial charge on any atom is 0.226 e. The Bertz CT molecular complexity index is 986. The van der Waals surface area contributed by atoms with E-state index in [4.69, 9.17) is 0 Å². The van der Waals surface area contributed by atoms with Crippen LogP contribution < -0.4 is 10.6 Å². The van der Waals surface area contributed by atoms with E-state index in [1.54, 1.807) is 18.2 Å². The summed E-state index contributed by atoms with van der Waals surface area (Å²) in [5, 5.41) is 6.54. The van der Waals surface area contributed by atoms with E-state index in [0.29, 0.717) is 16.8 Å². The van der Waals surface area contributed by atoms with Gasteiger partial charge in [0.25, 0.3) is 0 Å². The van der Waals surface area contributed by atoms with Crippen molar-refractivity contribution in [3.05, 3.63) is 71.7 Å². The van der Waals surface area contributed by atoms with Gasteiger partial charge in [-0.15, -0.1) is 0 Å². The van der Waals surface area contributed by atoms with Gasteiger partial charge in [0.15, 0.2) is 0 Å². The number of halogens is 1. The van der Waals surface area contributed by atoms with Crippen molar-refractivity contribution in [2.75, 3.05) is 5.32 Å². The lowest BCUT2D eigenvalue weighted by Crippen LogP contribution is -2.29. The van der Waals surface area contributed by atoms with E-state index in [0.717, 1.165) is 11.1 Å². The van der Waals surface area contributed by atoms with Crippen molar-refractivity contribution in [1.82, 2.24) is 10.3 Å². The van der Waals surface area contributed by atoms with Gasteiger partial charge in [-0.1, -0.05) is 30.3 Å². The molecule has 2 amide bonds. The molecule has 2 N–H and O–H groups in total. The molecule has 2 aromatic carbocycles. The van der Waals surface area contributed by atoms with Crippen LogP contribution in [-0.2, 0) is 9.59 Å². The second-order valence-electron chi connectivity index (χ2n) is 6.39. The molecule has 138 valence electrons. The minimum absolute atomic E-state index is 0.0212. The Hall–Kier alpha value is -3.28. The number of hydrogen-bond donors (Lipinski definition) is 2. The Kier molecular flexibility index (Phi) is 5.45. The summed E-state index contributed by atoms with van der Waals surface area (Å²) in [4.78, 5) is 28.6. The van der Waals surface area contributed by atoms with Crippen LogP contribution in [0.15, 0.2) is 54.6 Å². The van der Waals surface area contributed by atoms with Crippen molar-refractivity contribution in [2.24, 2.45) is 0 Å². The molecule has 1 aromatic heterocycles. The highest BCUT2D eigenvalue weighted by Gasteiger charge is 2.18. The van der Waals surface area contributed by atoms with Gasteiger partial charge in [-0.05, 0) is 36.8 Å². The van der Waals surface area contributed by atoms with Crippen LogP contribution in [0.2, 0.25) is 0 Å². The zero-order valence-electron chi connectivity index (χ0n) is 15.1. The van der Waals surface area contributed by atoms with E-state index in [-0.39, 0.29) is 24.1 Å². The Balaban J connectivity index is 1.81. The summed E-state index contributed by atoms with van der Waals surface area (Å²) in [5.74, 6) is -0.907. The van der Waals surface area contributed by atoms with Crippen LogP contribution in [0.25, 0.3) is 10.9 Å². The van der Waals surface area contributed by atoms with Crippen molar-refractivity contribution in [1.29, 1.82) is 0 Å². The first kappa shape index (κ1) is 18.5. The number of pyridine rings is 1. The lowest BCUT2D eigenvalue weighted by Gasteiger charge is -2.18. The highest BCUT2D eigenvalue weighted by atomic mass is 19.1. The van der Waals surface area contributed by atoms with E-state index in [2.05, 4.69) is 15.6 Å². The number of nitrogens with zero attached hydrogens (tertiary/aromatic N) is 1. The number of amides is 2. The lowest BCUT2D eigenvalue weighted by atomic mass is 10.0. The minimum Gasteiger partial charge on any atom is -0.349 e. The summed E-state index contributed by atoms with van der Waals surface area (Å²) in [6.07, 6.45) is 0.0212. The quantitative estimate of drug-likeness (QED) is 0.721. The molecule has 0 aliphatic carbocycles. The summed E-state index contributed by atoms with van der Waals surface area (Å²) < 4.78 is 13.2. The molecule has 3 aromatic rings. The van der Waals surface area contributed by atoms with Crippen molar-refractivity contribution < 1.29 is 14.0 Å². The number of benzene rings is 2. The van der Waals surface area contributed by atoms with Crippen LogP contribution in [0.1, 0.15) is 30.6 Å². The largest absolute Gasteiger partial charge is 0.349 e. The van der Waals surface area contributed by atoms with Crippen molar-refractivity contribution >= 4 is 28.4 Å². The molecular weight excluding hydrogens is 345 g/mol. The van der Waals surface area contributed by atoms with Crippen LogP contribution in [-0.4, -0.2) is 16.8 Å². The number of fused-ring (bicyclic) bond motifs is 1. The molecule has 6 heteroatoms. The Morgan fingerprint density at radius 3 is 2.52 bits per heavy atom. The highest BCUT2D eigenvalue weighted by Crippen LogP contribution is 2.23. The number of aromatic nitrogens is 1. The number of anilines is 1. The first-order valence-corrected chi connectivity index (χ1v) is 8.61. The third-order valence-electron chi connectivity index (χ3n) is 4.17. The third-order valence-corrected chi connectivity index (χ3v) is 4.17. The molecule has 0 unspecified atom stereocenters.